The number of amides is 2. The number of rotatable bonds is 2. The van der Waals surface area contributed by atoms with Gasteiger partial charge in [-0.1, -0.05) is 24.3 Å². The first-order valence-electron chi connectivity index (χ1n) is 6.71. The lowest BCUT2D eigenvalue weighted by Gasteiger charge is -2.07. The Morgan fingerprint density at radius 3 is 2.25 bits per heavy atom. The van der Waals surface area contributed by atoms with Crippen LogP contribution in [0.2, 0.25) is 0 Å². The van der Waals surface area contributed by atoms with E-state index in [1.807, 2.05) is 0 Å². The molecule has 2 heterocycles. The van der Waals surface area contributed by atoms with Gasteiger partial charge < -0.3 is 0 Å². The fraction of sp³-hybridized carbons (Fsp3) is 0.0625. The van der Waals surface area contributed by atoms with Gasteiger partial charge in [-0.3, -0.25) is 19.9 Å². The Balaban J connectivity index is 1.81. The molecule has 0 unspecified atom stereocenters. The van der Waals surface area contributed by atoms with Crippen LogP contribution >= 0.6 is 11.8 Å². The molecular formula is C16H9F3N2O2S. The van der Waals surface area contributed by atoms with Crippen LogP contribution in [0.5, 0.6) is 0 Å². The van der Waals surface area contributed by atoms with Gasteiger partial charge in [0, 0.05) is 11.8 Å². The molecule has 1 aliphatic rings. The van der Waals surface area contributed by atoms with E-state index in [4.69, 9.17) is 0 Å². The molecule has 0 aliphatic carbocycles. The number of carbonyl (C=O) groups is 2. The predicted octanol–water partition coefficient (Wildman–Crippen LogP) is 4.09. The van der Waals surface area contributed by atoms with Crippen molar-refractivity contribution in [3.05, 3.63) is 58.6 Å². The van der Waals surface area contributed by atoms with Gasteiger partial charge in [0.15, 0.2) is 0 Å². The van der Waals surface area contributed by atoms with Crippen LogP contribution < -0.4 is 5.32 Å². The van der Waals surface area contributed by atoms with Crippen LogP contribution in [0.1, 0.15) is 11.1 Å². The first kappa shape index (κ1) is 16.3. The fourth-order valence-electron chi connectivity index (χ4n) is 2.05. The highest BCUT2D eigenvalue weighted by atomic mass is 32.2. The van der Waals surface area contributed by atoms with Gasteiger partial charge in [0.2, 0.25) is 0 Å². The maximum atomic E-state index is 12.5. The second-order valence-electron chi connectivity index (χ2n) is 4.90. The number of halogens is 3. The number of imide groups is 1. The summed E-state index contributed by atoms with van der Waals surface area (Å²) in [5.41, 5.74) is 0.940. The van der Waals surface area contributed by atoms with Crippen LogP contribution in [0.15, 0.2) is 47.5 Å². The number of thioether (sulfide) groups is 1. The lowest BCUT2D eigenvalue weighted by molar-refractivity contribution is -0.137. The third kappa shape index (κ3) is 3.48. The molecule has 0 atom stereocenters. The molecule has 2 amide bonds. The van der Waals surface area contributed by atoms with Gasteiger partial charge in [-0.25, -0.2) is 0 Å². The zero-order valence-corrected chi connectivity index (χ0v) is 12.7. The van der Waals surface area contributed by atoms with E-state index < -0.39 is 22.9 Å². The molecule has 4 nitrogen and oxygen atoms in total. The molecule has 122 valence electrons. The molecule has 1 aromatic heterocycles. The average Bonchev–Trinajstić information content (AvgIpc) is 2.85. The van der Waals surface area contributed by atoms with Gasteiger partial charge >= 0.3 is 6.18 Å². The summed E-state index contributed by atoms with van der Waals surface area (Å²) < 4.78 is 37.6. The van der Waals surface area contributed by atoms with Crippen molar-refractivity contribution in [1.29, 1.82) is 0 Å². The van der Waals surface area contributed by atoms with Gasteiger partial charge in [0.05, 0.1) is 16.2 Å². The largest absolute Gasteiger partial charge is 0.417 e. The first-order valence-corrected chi connectivity index (χ1v) is 7.53. The van der Waals surface area contributed by atoms with Crippen molar-refractivity contribution in [3.63, 3.8) is 0 Å². The second kappa shape index (κ2) is 6.12. The summed E-state index contributed by atoms with van der Waals surface area (Å²) in [6, 6.07) is 9.03. The molecule has 0 saturated carbocycles. The van der Waals surface area contributed by atoms with Gasteiger partial charge in [-0.2, -0.15) is 13.2 Å². The van der Waals surface area contributed by atoms with E-state index in [-0.39, 0.29) is 0 Å². The van der Waals surface area contributed by atoms with E-state index in [0.29, 0.717) is 21.7 Å². The summed E-state index contributed by atoms with van der Waals surface area (Å²) in [6.07, 6.45) is -2.07. The minimum Gasteiger partial charge on any atom is -0.282 e. The molecule has 1 aromatic carbocycles. The summed E-state index contributed by atoms with van der Waals surface area (Å²) in [7, 11) is 0. The van der Waals surface area contributed by atoms with E-state index in [9.17, 15) is 22.8 Å². The van der Waals surface area contributed by atoms with Crippen molar-refractivity contribution >= 4 is 29.0 Å². The summed E-state index contributed by atoms with van der Waals surface area (Å²) in [5, 5.41) is 1.74. The molecule has 3 rings (SSSR count). The minimum atomic E-state index is -4.42. The van der Waals surface area contributed by atoms with Crippen LogP contribution in [-0.4, -0.2) is 16.1 Å². The zero-order chi connectivity index (χ0) is 17.3. The van der Waals surface area contributed by atoms with Crippen molar-refractivity contribution in [3.8, 4) is 11.3 Å². The number of carbonyl (C=O) groups excluding carboxylic acids is 2. The highest BCUT2D eigenvalue weighted by Gasteiger charge is 2.30. The summed E-state index contributed by atoms with van der Waals surface area (Å²) in [4.78, 5) is 26.7. The number of alkyl halides is 3. The van der Waals surface area contributed by atoms with Crippen LogP contribution in [-0.2, 0) is 11.0 Å². The molecular weight excluding hydrogens is 341 g/mol. The highest BCUT2D eigenvalue weighted by Crippen LogP contribution is 2.30. The molecule has 1 saturated heterocycles. The van der Waals surface area contributed by atoms with Crippen molar-refractivity contribution in [2.75, 3.05) is 0 Å². The number of benzene rings is 1. The number of pyridine rings is 1. The van der Waals surface area contributed by atoms with Crippen molar-refractivity contribution in [2.45, 2.75) is 6.18 Å². The molecule has 8 heteroatoms. The smallest absolute Gasteiger partial charge is 0.282 e. The summed E-state index contributed by atoms with van der Waals surface area (Å²) >= 11 is 0.816. The van der Waals surface area contributed by atoms with E-state index in [2.05, 4.69) is 10.3 Å². The Bertz CT molecular complexity index is 828. The van der Waals surface area contributed by atoms with Gasteiger partial charge in [0.25, 0.3) is 11.1 Å². The van der Waals surface area contributed by atoms with E-state index in [1.54, 1.807) is 30.3 Å². The lowest BCUT2D eigenvalue weighted by atomic mass is 10.1. The fourth-order valence-corrected chi connectivity index (χ4v) is 2.74. The Kier molecular flexibility index (Phi) is 4.15. The Labute approximate surface area is 138 Å². The molecule has 2 aromatic rings. The molecule has 1 aliphatic heterocycles. The molecule has 1 N–H and O–H groups in total. The Morgan fingerprint density at radius 1 is 1.04 bits per heavy atom. The zero-order valence-electron chi connectivity index (χ0n) is 11.9. The van der Waals surface area contributed by atoms with E-state index >= 15 is 0 Å². The third-order valence-electron chi connectivity index (χ3n) is 3.24. The van der Waals surface area contributed by atoms with Crippen molar-refractivity contribution in [1.82, 2.24) is 10.3 Å². The minimum absolute atomic E-state index is 0.292. The number of nitrogens with one attached hydrogen (secondary N) is 1. The van der Waals surface area contributed by atoms with E-state index in [1.165, 1.54) is 6.07 Å². The van der Waals surface area contributed by atoms with Crippen molar-refractivity contribution in [2.24, 2.45) is 0 Å². The number of aromatic nitrogens is 1. The Morgan fingerprint density at radius 2 is 1.75 bits per heavy atom. The normalized spacial score (nSPS) is 16.5. The lowest BCUT2D eigenvalue weighted by Crippen LogP contribution is -2.17. The number of hydrogen-bond acceptors (Lipinski definition) is 4. The SMILES string of the molecule is O=C1NC(=O)/C(=C/c2ccc(-c3ccc(C(F)(F)F)cn3)cc2)S1. The van der Waals surface area contributed by atoms with E-state index in [0.717, 1.165) is 24.0 Å². The van der Waals surface area contributed by atoms with Crippen LogP contribution in [0, 0.1) is 0 Å². The monoisotopic (exact) mass is 350 g/mol. The first-order chi connectivity index (χ1) is 11.3. The summed E-state index contributed by atoms with van der Waals surface area (Å²) in [5.74, 6) is -0.446. The molecule has 0 radical (unpaired) electrons. The van der Waals surface area contributed by atoms with Crippen LogP contribution in [0.3, 0.4) is 0 Å². The molecule has 1 fully saturated rings. The number of nitrogens with zero attached hydrogens (tertiary/aromatic N) is 1. The Hall–Kier alpha value is -2.61. The molecule has 0 bridgehead atoms. The molecule has 0 spiro atoms. The van der Waals surface area contributed by atoms with Gasteiger partial charge in [-0.15, -0.1) is 0 Å². The average molecular weight is 350 g/mol. The number of hydrogen-bond donors (Lipinski definition) is 1. The van der Waals surface area contributed by atoms with Crippen LogP contribution in [0.4, 0.5) is 18.0 Å². The third-order valence-corrected chi connectivity index (χ3v) is 4.05. The molecule has 24 heavy (non-hydrogen) atoms. The van der Waals surface area contributed by atoms with Gasteiger partial charge in [-0.05, 0) is 35.5 Å². The second-order valence-corrected chi connectivity index (χ2v) is 5.92. The summed E-state index contributed by atoms with van der Waals surface area (Å²) in [6.45, 7) is 0. The van der Waals surface area contributed by atoms with Crippen molar-refractivity contribution < 1.29 is 22.8 Å². The standard InChI is InChI=1S/C16H9F3N2O2S/c17-16(18,19)11-5-6-12(20-8-11)10-3-1-9(2-4-10)7-13-14(22)21-15(23)24-13/h1-8H,(H,21,22,23)/b13-7-. The highest BCUT2D eigenvalue weighted by molar-refractivity contribution is 8.18. The van der Waals surface area contributed by atoms with Gasteiger partial charge in [0.1, 0.15) is 0 Å². The van der Waals surface area contributed by atoms with Crippen LogP contribution in [0.25, 0.3) is 17.3 Å². The topological polar surface area (TPSA) is 59.1 Å². The quantitative estimate of drug-likeness (QED) is 0.829. The maximum Gasteiger partial charge on any atom is 0.417 e. The maximum absolute atomic E-state index is 12.5. The predicted molar refractivity (Wildman–Crippen MR) is 83.8 cm³/mol.